The molecular formula is C10H13NO3. The van der Waals surface area contributed by atoms with Gasteiger partial charge in [-0.1, -0.05) is 0 Å². The minimum Gasteiger partial charge on any atom is -0.380 e. The van der Waals surface area contributed by atoms with Gasteiger partial charge >= 0.3 is 0 Å². The van der Waals surface area contributed by atoms with Gasteiger partial charge in [0.15, 0.2) is 0 Å². The Morgan fingerprint density at radius 3 is 2.64 bits per heavy atom. The topological polar surface area (TPSA) is 55.4 Å². The van der Waals surface area contributed by atoms with E-state index in [1.54, 1.807) is 7.11 Å². The molecule has 1 heterocycles. The van der Waals surface area contributed by atoms with E-state index in [4.69, 9.17) is 4.74 Å². The first-order valence-electron chi connectivity index (χ1n) is 4.77. The molecule has 0 radical (unpaired) electrons. The molecule has 14 heavy (non-hydrogen) atoms. The fraction of sp³-hybridized carbons (Fsp3) is 0.600. The van der Waals surface area contributed by atoms with Crippen LogP contribution in [0.4, 0.5) is 0 Å². The average molecular weight is 195 g/mol. The van der Waals surface area contributed by atoms with Gasteiger partial charge in [-0.05, 0) is 24.3 Å². The molecule has 2 fully saturated rings. The van der Waals surface area contributed by atoms with Crippen LogP contribution in [0.1, 0.15) is 19.3 Å². The highest BCUT2D eigenvalue weighted by Crippen LogP contribution is 2.39. The highest BCUT2D eigenvalue weighted by molar-refractivity contribution is 6.13. The van der Waals surface area contributed by atoms with Crippen molar-refractivity contribution < 1.29 is 14.3 Å². The Kier molecular flexibility index (Phi) is 2.37. The van der Waals surface area contributed by atoms with E-state index in [2.05, 4.69) is 5.32 Å². The van der Waals surface area contributed by atoms with Gasteiger partial charge in [-0.2, -0.15) is 0 Å². The predicted molar refractivity (Wildman–Crippen MR) is 49.4 cm³/mol. The van der Waals surface area contributed by atoms with Crippen molar-refractivity contribution in [2.75, 3.05) is 13.7 Å². The molecule has 0 aromatic rings. The molecular weight excluding hydrogens is 182 g/mol. The number of hydrogen-bond acceptors (Lipinski definition) is 3. The van der Waals surface area contributed by atoms with Crippen LogP contribution in [0.5, 0.6) is 0 Å². The Labute approximate surface area is 82.3 Å². The fourth-order valence-corrected chi connectivity index (χ4v) is 1.79. The molecule has 4 nitrogen and oxygen atoms in total. The van der Waals surface area contributed by atoms with Crippen LogP contribution >= 0.6 is 0 Å². The van der Waals surface area contributed by atoms with Crippen molar-refractivity contribution in [2.24, 2.45) is 5.92 Å². The largest absolute Gasteiger partial charge is 0.380 e. The molecule has 0 bridgehead atoms. The van der Waals surface area contributed by atoms with E-state index in [1.807, 2.05) is 0 Å². The number of imide groups is 1. The summed E-state index contributed by atoms with van der Waals surface area (Å²) in [6.07, 6.45) is 2.46. The molecule has 2 amide bonds. The van der Waals surface area contributed by atoms with Gasteiger partial charge in [0.25, 0.3) is 5.91 Å². The Morgan fingerprint density at radius 1 is 1.50 bits per heavy atom. The van der Waals surface area contributed by atoms with Gasteiger partial charge in [0, 0.05) is 12.7 Å². The maximum atomic E-state index is 11.4. The summed E-state index contributed by atoms with van der Waals surface area (Å²) in [7, 11) is 1.61. The van der Waals surface area contributed by atoms with Crippen molar-refractivity contribution in [3.63, 3.8) is 0 Å². The maximum Gasteiger partial charge on any atom is 0.254 e. The van der Waals surface area contributed by atoms with Gasteiger partial charge in [0.2, 0.25) is 5.91 Å². The number of ether oxygens (including phenoxy) is 1. The zero-order valence-electron chi connectivity index (χ0n) is 8.13. The van der Waals surface area contributed by atoms with E-state index in [-0.39, 0.29) is 18.2 Å². The molecule has 0 atom stereocenters. The summed E-state index contributed by atoms with van der Waals surface area (Å²) >= 11 is 0. The molecule has 76 valence electrons. The Hall–Kier alpha value is -1.16. The van der Waals surface area contributed by atoms with Gasteiger partial charge in [-0.15, -0.1) is 0 Å². The smallest absolute Gasteiger partial charge is 0.254 e. The standard InChI is InChI=1S/C10H13NO3/c1-14-5-8(6-2-3-6)7-4-9(12)11-10(7)13/h6H,2-5H2,1H3,(H,11,12,13)/b8-7+. The third-order valence-electron chi connectivity index (χ3n) is 2.62. The average Bonchev–Trinajstić information content (AvgIpc) is 2.89. The zero-order chi connectivity index (χ0) is 10.1. The lowest BCUT2D eigenvalue weighted by atomic mass is 10.0. The van der Waals surface area contributed by atoms with E-state index >= 15 is 0 Å². The van der Waals surface area contributed by atoms with Crippen molar-refractivity contribution in [1.29, 1.82) is 0 Å². The Bertz CT molecular complexity index is 315. The molecule has 1 N–H and O–H groups in total. The van der Waals surface area contributed by atoms with E-state index in [0.717, 1.165) is 18.4 Å². The fourth-order valence-electron chi connectivity index (χ4n) is 1.79. The lowest BCUT2D eigenvalue weighted by Gasteiger charge is -2.06. The summed E-state index contributed by atoms with van der Waals surface area (Å²) < 4.78 is 5.05. The second-order valence-corrected chi connectivity index (χ2v) is 3.77. The molecule has 1 saturated heterocycles. The van der Waals surface area contributed by atoms with Crippen LogP contribution in [0.25, 0.3) is 0 Å². The van der Waals surface area contributed by atoms with Crippen molar-refractivity contribution in [1.82, 2.24) is 5.32 Å². The summed E-state index contributed by atoms with van der Waals surface area (Å²) in [4.78, 5) is 22.4. The van der Waals surface area contributed by atoms with Crippen molar-refractivity contribution in [3.8, 4) is 0 Å². The second-order valence-electron chi connectivity index (χ2n) is 3.77. The van der Waals surface area contributed by atoms with Gasteiger partial charge in [-0.25, -0.2) is 0 Å². The molecule has 1 saturated carbocycles. The molecule has 0 spiro atoms. The van der Waals surface area contributed by atoms with Crippen LogP contribution in [0.2, 0.25) is 0 Å². The second kappa shape index (κ2) is 3.53. The van der Waals surface area contributed by atoms with Crippen LogP contribution in [0.15, 0.2) is 11.1 Å². The third-order valence-corrected chi connectivity index (χ3v) is 2.62. The minimum atomic E-state index is -0.228. The van der Waals surface area contributed by atoms with Crippen molar-refractivity contribution in [2.45, 2.75) is 19.3 Å². The monoisotopic (exact) mass is 195 g/mol. The van der Waals surface area contributed by atoms with Gasteiger partial charge in [-0.3, -0.25) is 14.9 Å². The van der Waals surface area contributed by atoms with Crippen LogP contribution in [0, 0.1) is 5.92 Å². The number of nitrogens with one attached hydrogen (secondary N) is 1. The number of amides is 2. The van der Waals surface area contributed by atoms with Crippen LogP contribution in [-0.4, -0.2) is 25.5 Å². The van der Waals surface area contributed by atoms with Gasteiger partial charge in [0.1, 0.15) is 0 Å². The normalized spacial score (nSPS) is 25.2. The third kappa shape index (κ3) is 1.70. The molecule has 4 heteroatoms. The van der Waals surface area contributed by atoms with E-state index in [1.165, 1.54) is 0 Å². The SMILES string of the molecule is COC/C(=C1/CC(=O)NC1=O)C1CC1. The first-order chi connectivity index (χ1) is 6.72. The van der Waals surface area contributed by atoms with Crippen LogP contribution < -0.4 is 5.32 Å². The van der Waals surface area contributed by atoms with E-state index in [9.17, 15) is 9.59 Å². The Balaban J connectivity index is 2.24. The number of rotatable bonds is 3. The minimum absolute atomic E-state index is 0.195. The predicted octanol–water partition coefficient (Wildman–Crippen LogP) is 0.386. The Morgan fingerprint density at radius 2 is 2.21 bits per heavy atom. The number of methoxy groups -OCH3 is 1. The zero-order valence-corrected chi connectivity index (χ0v) is 8.13. The van der Waals surface area contributed by atoms with Crippen molar-refractivity contribution in [3.05, 3.63) is 11.1 Å². The molecule has 1 aliphatic heterocycles. The van der Waals surface area contributed by atoms with Gasteiger partial charge < -0.3 is 4.74 Å². The van der Waals surface area contributed by atoms with E-state index in [0.29, 0.717) is 18.1 Å². The number of carbonyl (C=O) groups is 2. The highest BCUT2D eigenvalue weighted by Gasteiger charge is 2.34. The number of hydrogen-bond donors (Lipinski definition) is 1. The summed E-state index contributed by atoms with van der Waals surface area (Å²) in [5, 5.41) is 2.30. The van der Waals surface area contributed by atoms with Crippen LogP contribution in [-0.2, 0) is 14.3 Å². The summed E-state index contributed by atoms with van der Waals surface area (Å²) in [6, 6.07) is 0. The summed E-state index contributed by atoms with van der Waals surface area (Å²) in [5.41, 5.74) is 1.66. The highest BCUT2D eigenvalue weighted by atomic mass is 16.5. The van der Waals surface area contributed by atoms with Crippen LogP contribution in [0.3, 0.4) is 0 Å². The molecule has 1 aliphatic carbocycles. The molecule has 2 aliphatic rings. The number of carbonyl (C=O) groups excluding carboxylic acids is 2. The van der Waals surface area contributed by atoms with Gasteiger partial charge in [0.05, 0.1) is 13.0 Å². The first-order valence-corrected chi connectivity index (χ1v) is 4.77. The maximum absolute atomic E-state index is 11.4. The molecule has 0 aromatic heterocycles. The quantitative estimate of drug-likeness (QED) is 0.523. The summed E-state index contributed by atoms with van der Waals surface area (Å²) in [6.45, 7) is 0.473. The molecule has 2 rings (SSSR count). The summed E-state index contributed by atoms with van der Waals surface area (Å²) in [5.74, 6) is 0.0507. The molecule has 0 unspecified atom stereocenters. The molecule has 0 aromatic carbocycles. The van der Waals surface area contributed by atoms with E-state index < -0.39 is 0 Å². The lowest BCUT2D eigenvalue weighted by Crippen LogP contribution is -2.20. The lowest BCUT2D eigenvalue weighted by molar-refractivity contribution is -0.124. The first kappa shape index (κ1) is 9.40. The van der Waals surface area contributed by atoms with Crippen molar-refractivity contribution >= 4 is 11.8 Å².